The molecule has 0 bridgehead atoms. The minimum Gasteiger partial charge on any atom is -0.480 e. The van der Waals surface area contributed by atoms with Crippen LogP contribution in [0.1, 0.15) is 23.0 Å². The first-order chi connectivity index (χ1) is 10.9. The molecule has 1 atom stereocenters. The Morgan fingerprint density at radius 2 is 1.87 bits per heavy atom. The fraction of sp³-hybridized carbons (Fsp3) is 0.294. The zero-order valence-corrected chi connectivity index (χ0v) is 13.3. The number of nitrogens with zero attached hydrogens (tertiary/aromatic N) is 1. The van der Waals surface area contributed by atoms with Crippen molar-refractivity contribution in [3.63, 3.8) is 0 Å². The lowest BCUT2D eigenvalue weighted by atomic mass is 10.1. The number of hydrogen-bond donors (Lipinski definition) is 1. The van der Waals surface area contributed by atoms with Crippen LogP contribution in [0.5, 0.6) is 0 Å². The van der Waals surface area contributed by atoms with Gasteiger partial charge in [0, 0.05) is 5.56 Å². The molecule has 6 heteroatoms. The van der Waals surface area contributed by atoms with Crippen molar-refractivity contribution < 1.29 is 23.8 Å². The molecule has 1 N–H and O–H groups in total. The number of rotatable bonds is 6. The van der Waals surface area contributed by atoms with Crippen LogP contribution in [-0.4, -0.2) is 42.1 Å². The minimum atomic E-state index is -0.877. The van der Waals surface area contributed by atoms with Crippen LogP contribution in [0.25, 0.3) is 11.3 Å². The van der Waals surface area contributed by atoms with Crippen molar-refractivity contribution in [3.05, 3.63) is 47.7 Å². The van der Waals surface area contributed by atoms with E-state index in [0.29, 0.717) is 23.6 Å². The SMILES string of the molecule is COC(=O)c1ccc(-c2ccc(CN(C)C(C)C(=O)O)o2)cc1. The molecule has 0 aliphatic heterocycles. The maximum Gasteiger partial charge on any atom is 0.337 e. The van der Waals surface area contributed by atoms with Crippen LogP contribution in [0, 0.1) is 0 Å². The van der Waals surface area contributed by atoms with Gasteiger partial charge < -0.3 is 14.3 Å². The van der Waals surface area contributed by atoms with E-state index >= 15 is 0 Å². The first-order valence-electron chi connectivity index (χ1n) is 7.13. The third-order valence-electron chi connectivity index (χ3n) is 3.68. The summed E-state index contributed by atoms with van der Waals surface area (Å²) in [5.74, 6) is 0.0686. The monoisotopic (exact) mass is 317 g/mol. The number of methoxy groups -OCH3 is 1. The van der Waals surface area contributed by atoms with Crippen LogP contribution in [-0.2, 0) is 16.1 Å². The molecule has 0 fully saturated rings. The number of likely N-dealkylation sites (N-methyl/N-ethyl adjacent to an activating group) is 1. The number of carboxylic acids is 1. The first kappa shape index (κ1) is 16.8. The maximum atomic E-state index is 11.4. The highest BCUT2D eigenvalue weighted by atomic mass is 16.5. The summed E-state index contributed by atoms with van der Waals surface area (Å²) in [6.45, 7) is 2.02. The predicted molar refractivity (Wildman–Crippen MR) is 84.0 cm³/mol. The Morgan fingerprint density at radius 3 is 2.43 bits per heavy atom. The molecular weight excluding hydrogens is 298 g/mol. The van der Waals surface area contributed by atoms with Crippen LogP contribution in [0.15, 0.2) is 40.8 Å². The van der Waals surface area contributed by atoms with E-state index in [1.165, 1.54) is 7.11 Å². The van der Waals surface area contributed by atoms with Crippen molar-refractivity contribution in [1.82, 2.24) is 4.90 Å². The van der Waals surface area contributed by atoms with Crippen LogP contribution < -0.4 is 0 Å². The van der Waals surface area contributed by atoms with E-state index in [4.69, 9.17) is 9.52 Å². The van der Waals surface area contributed by atoms with Crippen molar-refractivity contribution in [2.24, 2.45) is 0 Å². The average Bonchev–Trinajstić information content (AvgIpc) is 3.01. The van der Waals surface area contributed by atoms with E-state index in [9.17, 15) is 9.59 Å². The van der Waals surface area contributed by atoms with E-state index in [1.807, 2.05) is 12.1 Å². The summed E-state index contributed by atoms with van der Waals surface area (Å²) in [4.78, 5) is 24.1. The molecule has 0 amide bonds. The van der Waals surface area contributed by atoms with E-state index in [-0.39, 0.29) is 5.97 Å². The van der Waals surface area contributed by atoms with Crippen LogP contribution in [0.4, 0.5) is 0 Å². The van der Waals surface area contributed by atoms with Crippen molar-refractivity contribution >= 4 is 11.9 Å². The summed E-state index contributed by atoms with van der Waals surface area (Å²) in [7, 11) is 3.07. The van der Waals surface area contributed by atoms with Crippen molar-refractivity contribution in [2.45, 2.75) is 19.5 Å². The third kappa shape index (κ3) is 3.98. The van der Waals surface area contributed by atoms with Crippen LogP contribution in [0.2, 0.25) is 0 Å². The van der Waals surface area contributed by atoms with E-state index < -0.39 is 12.0 Å². The third-order valence-corrected chi connectivity index (χ3v) is 3.68. The molecule has 2 aromatic rings. The summed E-state index contributed by atoms with van der Waals surface area (Å²) in [6, 6.07) is 9.93. The molecule has 2 rings (SSSR count). The molecule has 0 aliphatic carbocycles. The van der Waals surface area contributed by atoms with Gasteiger partial charge in [0.1, 0.15) is 17.6 Å². The van der Waals surface area contributed by atoms with E-state index in [1.54, 1.807) is 43.1 Å². The van der Waals surface area contributed by atoms with Crippen molar-refractivity contribution in [2.75, 3.05) is 14.2 Å². The van der Waals surface area contributed by atoms with Gasteiger partial charge in [-0.2, -0.15) is 0 Å². The highest BCUT2D eigenvalue weighted by Crippen LogP contribution is 2.23. The van der Waals surface area contributed by atoms with Crippen molar-refractivity contribution in [1.29, 1.82) is 0 Å². The summed E-state index contributed by atoms with van der Waals surface area (Å²) in [6.07, 6.45) is 0. The summed E-state index contributed by atoms with van der Waals surface area (Å²) < 4.78 is 10.4. The number of furan rings is 1. The molecule has 1 heterocycles. The van der Waals surface area contributed by atoms with Gasteiger partial charge in [0.25, 0.3) is 0 Å². The number of hydrogen-bond acceptors (Lipinski definition) is 5. The lowest BCUT2D eigenvalue weighted by molar-refractivity contribution is -0.142. The number of esters is 1. The lowest BCUT2D eigenvalue weighted by Gasteiger charge is -2.19. The van der Waals surface area contributed by atoms with Crippen LogP contribution >= 0.6 is 0 Å². The first-order valence-corrected chi connectivity index (χ1v) is 7.13. The zero-order chi connectivity index (χ0) is 17.0. The summed E-state index contributed by atoms with van der Waals surface area (Å²) >= 11 is 0. The molecule has 1 aromatic heterocycles. The highest BCUT2D eigenvalue weighted by molar-refractivity contribution is 5.89. The number of carboxylic acid groups (broad SMARTS) is 1. The Kier molecular flexibility index (Phi) is 5.18. The number of carbonyl (C=O) groups is 2. The molecule has 1 aromatic carbocycles. The minimum absolute atomic E-state index is 0.388. The smallest absolute Gasteiger partial charge is 0.337 e. The Bertz CT molecular complexity index is 689. The predicted octanol–water partition coefficient (Wildman–Crippen LogP) is 2.64. The number of benzene rings is 1. The quantitative estimate of drug-likeness (QED) is 0.825. The molecule has 0 radical (unpaired) electrons. The van der Waals surface area contributed by atoms with Gasteiger partial charge in [-0.1, -0.05) is 12.1 Å². The normalized spacial score (nSPS) is 12.2. The molecular formula is C17H19NO5. The van der Waals surface area contributed by atoms with Gasteiger partial charge in [0.15, 0.2) is 0 Å². The molecule has 6 nitrogen and oxygen atoms in total. The molecule has 122 valence electrons. The topological polar surface area (TPSA) is 80.0 Å². The van der Waals surface area contributed by atoms with Gasteiger partial charge in [-0.25, -0.2) is 4.79 Å². The fourth-order valence-corrected chi connectivity index (χ4v) is 2.08. The van der Waals surface area contributed by atoms with Gasteiger partial charge in [0.2, 0.25) is 0 Å². The Hall–Kier alpha value is -2.60. The largest absolute Gasteiger partial charge is 0.480 e. The molecule has 0 spiro atoms. The number of carbonyl (C=O) groups excluding carboxylic acids is 1. The number of ether oxygens (including phenoxy) is 1. The average molecular weight is 317 g/mol. The standard InChI is InChI=1S/C17H19NO5/c1-11(16(19)20)18(2)10-14-8-9-15(23-14)12-4-6-13(7-5-12)17(21)22-3/h4-9,11H,10H2,1-3H3,(H,19,20). The number of aliphatic carboxylic acids is 1. The summed E-state index contributed by atoms with van der Waals surface area (Å²) in [5, 5.41) is 8.99. The van der Waals surface area contributed by atoms with Crippen molar-refractivity contribution in [3.8, 4) is 11.3 Å². The van der Waals surface area contributed by atoms with Gasteiger partial charge in [-0.3, -0.25) is 9.69 Å². The molecule has 0 aliphatic rings. The zero-order valence-electron chi connectivity index (χ0n) is 13.3. The van der Waals surface area contributed by atoms with Gasteiger partial charge in [-0.15, -0.1) is 0 Å². The summed E-state index contributed by atoms with van der Waals surface area (Å²) in [5.41, 5.74) is 1.30. The second-order valence-electron chi connectivity index (χ2n) is 5.26. The Balaban J connectivity index is 2.10. The molecule has 0 saturated carbocycles. The fourth-order valence-electron chi connectivity index (χ4n) is 2.08. The molecule has 23 heavy (non-hydrogen) atoms. The van der Waals surface area contributed by atoms with E-state index in [0.717, 1.165) is 5.56 Å². The second-order valence-corrected chi connectivity index (χ2v) is 5.26. The van der Waals surface area contributed by atoms with Gasteiger partial charge >= 0.3 is 11.9 Å². The highest BCUT2D eigenvalue weighted by Gasteiger charge is 2.18. The molecule has 0 saturated heterocycles. The van der Waals surface area contributed by atoms with E-state index in [2.05, 4.69) is 4.74 Å². The van der Waals surface area contributed by atoms with Gasteiger partial charge in [0.05, 0.1) is 19.2 Å². The Labute approximate surface area is 134 Å². The molecule has 1 unspecified atom stereocenters. The lowest BCUT2D eigenvalue weighted by Crippen LogP contribution is -2.35. The van der Waals surface area contributed by atoms with Crippen LogP contribution in [0.3, 0.4) is 0 Å². The second kappa shape index (κ2) is 7.11. The maximum absolute atomic E-state index is 11.4. The van der Waals surface area contributed by atoms with Gasteiger partial charge in [-0.05, 0) is 38.2 Å². The Morgan fingerprint density at radius 1 is 1.22 bits per heavy atom.